The maximum absolute atomic E-state index is 12.6. The van der Waals surface area contributed by atoms with E-state index >= 15 is 0 Å². The Morgan fingerprint density at radius 2 is 1.96 bits per heavy atom. The number of hydrogen-bond acceptors (Lipinski definition) is 2. The molecular weight excluding hydrogens is 308 g/mol. The number of hydrogen-bond donors (Lipinski definition) is 1. The number of nitrogens with one attached hydrogen (secondary N) is 1. The van der Waals surface area contributed by atoms with Crippen molar-refractivity contribution in [1.29, 1.82) is 0 Å². The highest BCUT2D eigenvalue weighted by Crippen LogP contribution is 2.29. The standard InChI is InChI=1S/C19H19ClN2O/c1-3-12(2)17-19(23)21-16-11-14(20)9-10-15(16)18(22-17)13-7-5-4-6-8-13/h4-12,17H,3H2,1-2H3,(H,21,23)/t12-,17?/m0/s1. The number of anilines is 1. The molecule has 2 aromatic rings. The number of benzene rings is 2. The van der Waals surface area contributed by atoms with Crippen LogP contribution in [-0.4, -0.2) is 17.7 Å². The van der Waals surface area contributed by atoms with E-state index in [1.165, 1.54) is 0 Å². The van der Waals surface area contributed by atoms with E-state index in [1.807, 2.05) is 42.5 Å². The summed E-state index contributed by atoms with van der Waals surface area (Å²) in [6.07, 6.45) is 0.890. The molecule has 118 valence electrons. The second-order valence-corrected chi connectivity index (χ2v) is 6.29. The first-order valence-electron chi connectivity index (χ1n) is 7.84. The molecule has 1 N–H and O–H groups in total. The number of nitrogens with zero attached hydrogens (tertiary/aromatic N) is 1. The van der Waals surface area contributed by atoms with Gasteiger partial charge in [0.05, 0.1) is 11.4 Å². The summed E-state index contributed by atoms with van der Waals surface area (Å²) in [4.78, 5) is 17.4. The van der Waals surface area contributed by atoms with Crippen LogP contribution in [0.2, 0.25) is 5.02 Å². The lowest BCUT2D eigenvalue weighted by Gasteiger charge is -2.17. The molecular formula is C19H19ClN2O. The molecule has 3 nitrogen and oxygen atoms in total. The van der Waals surface area contributed by atoms with Crippen LogP contribution in [0.25, 0.3) is 0 Å². The topological polar surface area (TPSA) is 41.5 Å². The monoisotopic (exact) mass is 326 g/mol. The molecule has 1 aliphatic rings. The van der Waals surface area contributed by atoms with Gasteiger partial charge in [0.15, 0.2) is 0 Å². The van der Waals surface area contributed by atoms with E-state index in [0.29, 0.717) is 5.02 Å². The van der Waals surface area contributed by atoms with E-state index in [-0.39, 0.29) is 11.8 Å². The number of benzodiazepines with no additional fused rings is 1. The molecule has 2 atom stereocenters. The molecule has 23 heavy (non-hydrogen) atoms. The Bertz CT molecular complexity index is 755. The van der Waals surface area contributed by atoms with E-state index in [9.17, 15) is 4.79 Å². The summed E-state index contributed by atoms with van der Waals surface area (Å²) >= 11 is 6.11. The highest BCUT2D eigenvalue weighted by Gasteiger charge is 2.29. The highest BCUT2D eigenvalue weighted by atomic mass is 35.5. The van der Waals surface area contributed by atoms with E-state index in [1.54, 1.807) is 6.07 Å². The summed E-state index contributed by atoms with van der Waals surface area (Å²) in [6.45, 7) is 4.13. The Labute approximate surface area is 141 Å². The third kappa shape index (κ3) is 3.15. The zero-order chi connectivity index (χ0) is 16.4. The summed E-state index contributed by atoms with van der Waals surface area (Å²) in [5.74, 6) is 0.0901. The molecule has 0 radical (unpaired) electrons. The molecule has 0 fully saturated rings. The molecule has 4 heteroatoms. The van der Waals surface area contributed by atoms with Gasteiger partial charge in [0.2, 0.25) is 5.91 Å². The van der Waals surface area contributed by atoms with Gasteiger partial charge in [-0.05, 0) is 24.1 Å². The van der Waals surface area contributed by atoms with Crippen molar-refractivity contribution < 1.29 is 4.79 Å². The predicted octanol–water partition coefficient (Wildman–Crippen LogP) is 4.54. The van der Waals surface area contributed by atoms with Crippen molar-refractivity contribution >= 4 is 28.9 Å². The van der Waals surface area contributed by atoms with Crippen LogP contribution in [0, 0.1) is 5.92 Å². The van der Waals surface area contributed by atoms with Gasteiger partial charge in [-0.15, -0.1) is 0 Å². The zero-order valence-corrected chi connectivity index (χ0v) is 14.0. The van der Waals surface area contributed by atoms with Crippen molar-refractivity contribution in [2.75, 3.05) is 5.32 Å². The van der Waals surface area contributed by atoms with Gasteiger partial charge in [-0.2, -0.15) is 0 Å². The maximum atomic E-state index is 12.6. The molecule has 0 bridgehead atoms. The molecule has 0 saturated carbocycles. The minimum absolute atomic E-state index is 0.0752. The lowest BCUT2D eigenvalue weighted by atomic mass is 9.98. The number of halogens is 1. The van der Waals surface area contributed by atoms with E-state index < -0.39 is 6.04 Å². The van der Waals surface area contributed by atoms with Gasteiger partial charge in [0.1, 0.15) is 6.04 Å². The normalized spacial score (nSPS) is 18.5. The number of carbonyl (C=O) groups is 1. The van der Waals surface area contributed by atoms with E-state index in [4.69, 9.17) is 16.6 Å². The predicted molar refractivity (Wildman–Crippen MR) is 95.4 cm³/mol. The van der Waals surface area contributed by atoms with Crippen molar-refractivity contribution in [3.63, 3.8) is 0 Å². The SMILES string of the molecule is CC[C@H](C)C1N=C(c2ccccc2)c2ccc(Cl)cc2NC1=O. The fraction of sp³-hybridized carbons (Fsp3) is 0.263. The number of carbonyl (C=O) groups excluding carboxylic acids is 1. The summed E-state index contributed by atoms with van der Waals surface area (Å²) in [7, 11) is 0. The third-order valence-corrected chi connectivity index (χ3v) is 4.50. The lowest BCUT2D eigenvalue weighted by molar-refractivity contribution is -0.118. The van der Waals surface area contributed by atoms with Crippen LogP contribution in [0.3, 0.4) is 0 Å². The van der Waals surface area contributed by atoms with Crippen LogP contribution in [0.4, 0.5) is 5.69 Å². The van der Waals surface area contributed by atoms with Crippen molar-refractivity contribution in [3.8, 4) is 0 Å². The molecule has 0 saturated heterocycles. The molecule has 3 rings (SSSR count). The molecule has 1 aliphatic heterocycles. The van der Waals surface area contributed by atoms with E-state index in [2.05, 4.69) is 19.2 Å². The fourth-order valence-electron chi connectivity index (χ4n) is 2.74. The smallest absolute Gasteiger partial charge is 0.249 e. The van der Waals surface area contributed by atoms with Gasteiger partial charge in [0.25, 0.3) is 0 Å². The third-order valence-electron chi connectivity index (χ3n) is 4.26. The van der Waals surface area contributed by atoms with Gasteiger partial charge >= 0.3 is 0 Å². The Kier molecular flexibility index (Phi) is 4.49. The zero-order valence-electron chi connectivity index (χ0n) is 13.2. The van der Waals surface area contributed by atoms with Gasteiger partial charge < -0.3 is 5.32 Å². The van der Waals surface area contributed by atoms with Crippen LogP contribution >= 0.6 is 11.6 Å². The minimum Gasteiger partial charge on any atom is -0.324 e. The average molecular weight is 327 g/mol. The summed E-state index contributed by atoms with van der Waals surface area (Å²) in [6, 6.07) is 15.1. The Balaban J connectivity index is 2.19. The molecule has 0 spiro atoms. The molecule has 1 amide bonds. The Hall–Kier alpha value is -2.13. The van der Waals surface area contributed by atoms with Crippen molar-refractivity contribution in [2.24, 2.45) is 10.9 Å². The summed E-state index contributed by atoms with van der Waals surface area (Å²) in [5, 5.41) is 3.59. The molecule has 1 heterocycles. The fourth-order valence-corrected chi connectivity index (χ4v) is 2.91. The van der Waals surface area contributed by atoms with Crippen molar-refractivity contribution in [1.82, 2.24) is 0 Å². The second-order valence-electron chi connectivity index (χ2n) is 5.85. The minimum atomic E-state index is -0.401. The molecule has 0 aromatic heterocycles. The quantitative estimate of drug-likeness (QED) is 0.883. The first-order valence-corrected chi connectivity index (χ1v) is 8.22. The first-order chi connectivity index (χ1) is 11.1. The molecule has 0 aliphatic carbocycles. The van der Waals surface area contributed by atoms with Crippen LogP contribution < -0.4 is 5.32 Å². The number of aliphatic imine (C=N–C) groups is 1. The first kappa shape index (κ1) is 15.8. The lowest BCUT2D eigenvalue weighted by Crippen LogP contribution is -2.31. The number of rotatable bonds is 3. The van der Waals surface area contributed by atoms with Gasteiger partial charge in [-0.3, -0.25) is 9.79 Å². The van der Waals surface area contributed by atoms with Crippen molar-refractivity contribution in [3.05, 3.63) is 64.7 Å². The molecule has 1 unspecified atom stereocenters. The summed E-state index contributed by atoms with van der Waals surface area (Å²) in [5.41, 5.74) is 3.46. The van der Waals surface area contributed by atoms with Gasteiger partial charge in [-0.1, -0.05) is 62.2 Å². The number of fused-ring (bicyclic) bond motifs is 1. The van der Waals surface area contributed by atoms with Crippen molar-refractivity contribution in [2.45, 2.75) is 26.3 Å². The Morgan fingerprint density at radius 3 is 2.65 bits per heavy atom. The largest absolute Gasteiger partial charge is 0.324 e. The Morgan fingerprint density at radius 1 is 1.22 bits per heavy atom. The highest BCUT2D eigenvalue weighted by molar-refractivity contribution is 6.31. The van der Waals surface area contributed by atoms with Gasteiger partial charge in [-0.25, -0.2) is 0 Å². The van der Waals surface area contributed by atoms with E-state index in [0.717, 1.165) is 28.9 Å². The van der Waals surface area contributed by atoms with Crippen LogP contribution in [0.15, 0.2) is 53.5 Å². The van der Waals surface area contributed by atoms with Crippen LogP contribution in [-0.2, 0) is 4.79 Å². The average Bonchev–Trinajstić information content (AvgIpc) is 2.70. The van der Waals surface area contributed by atoms with Crippen LogP contribution in [0.5, 0.6) is 0 Å². The van der Waals surface area contributed by atoms with Gasteiger partial charge in [0, 0.05) is 16.1 Å². The maximum Gasteiger partial charge on any atom is 0.249 e. The van der Waals surface area contributed by atoms with Crippen LogP contribution in [0.1, 0.15) is 31.4 Å². The molecule has 2 aromatic carbocycles. The number of amides is 1. The summed E-state index contributed by atoms with van der Waals surface area (Å²) < 4.78 is 0. The second kappa shape index (κ2) is 6.55.